The number of carbonyl (C=O) groups is 1. The maximum Gasteiger partial charge on any atom is 0.332 e. The van der Waals surface area contributed by atoms with E-state index < -0.39 is 11.5 Å². The van der Waals surface area contributed by atoms with Crippen LogP contribution in [0.15, 0.2) is 30.3 Å². The molecular weight excluding hydrogens is 206 g/mol. The van der Waals surface area contributed by atoms with E-state index in [1.807, 2.05) is 25.1 Å². The summed E-state index contributed by atoms with van der Waals surface area (Å²) in [6.45, 7) is 2.46. The first-order chi connectivity index (χ1) is 7.65. The van der Waals surface area contributed by atoms with Crippen LogP contribution in [0.25, 0.3) is 0 Å². The summed E-state index contributed by atoms with van der Waals surface area (Å²) in [4.78, 5) is 11.7. The average Bonchev–Trinajstić information content (AvgIpc) is 2.36. The molecule has 2 N–H and O–H groups in total. The zero-order valence-corrected chi connectivity index (χ0v) is 9.60. The van der Waals surface area contributed by atoms with Crippen LogP contribution in [0.3, 0.4) is 0 Å². The van der Waals surface area contributed by atoms with Crippen molar-refractivity contribution >= 4 is 5.97 Å². The van der Waals surface area contributed by atoms with E-state index in [9.17, 15) is 4.79 Å². The van der Waals surface area contributed by atoms with Crippen LogP contribution in [-0.4, -0.2) is 26.3 Å². The Hall–Kier alpha value is -1.39. The van der Waals surface area contributed by atoms with Gasteiger partial charge in [0.1, 0.15) is 0 Å². The topological polar surface area (TPSA) is 61.5 Å². The van der Waals surface area contributed by atoms with E-state index in [1.54, 1.807) is 12.1 Å². The molecule has 1 unspecified atom stereocenters. The molecule has 0 bridgehead atoms. The number of rotatable bonds is 5. The van der Waals surface area contributed by atoms with Gasteiger partial charge >= 0.3 is 5.97 Å². The first-order valence-electron chi connectivity index (χ1n) is 5.15. The summed E-state index contributed by atoms with van der Waals surface area (Å²) >= 11 is 0. The lowest BCUT2D eigenvalue weighted by Crippen LogP contribution is -2.49. The number of hydrogen-bond donors (Lipinski definition) is 1. The molecule has 0 aromatic heterocycles. The third-order valence-corrected chi connectivity index (χ3v) is 2.37. The van der Waals surface area contributed by atoms with Crippen molar-refractivity contribution in [1.82, 2.24) is 0 Å². The molecule has 0 saturated carbocycles. The highest BCUT2D eigenvalue weighted by molar-refractivity contribution is 5.82. The molecule has 1 aromatic carbocycles. The van der Waals surface area contributed by atoms with Gasteiger partial charge in [-0.15, -0.1) is 0 Å². The lowest BCUT2D eigenvalue weighted by molar-refractivity contribution is -0.150. The summed E-state index contributed by atoms with van der Waals surface area (Å²) in [6.07, 6.45) is 0. The van der Waals surface area contributed by atoms with Gasteiger partial charge < -0.3 is 15.2 Å². The Morgan fingerprint density at radius 2 is 2.00 bits per heavy atom. The van der Waals surface area contributed by atoms with Gasteiger partial charge in [-0.2, -0.15) is 0 Å². The van der Waals surface area contributed by atoms with Gasteiger partial charge in [0.2, 0.25) is 0 Å². The molecule has 16 heavy (non-hydrogen) atoms. The van der Waals surface area contributed by atoms with Crippen LogP contribution < -0.4 is 5.73 Å². The number of methoxy groups -OCH3 is 1. The van der Waals surface area contributed by atoms with Crippen molar-refractivity contribution in [2.24, 2.45) is 5.73 Å². The summed E-state index contributed by atoms with van der Waals surface area (Å²) in [5, 5.41) is 0. The number of esters is 1. The van der Waals surface area contributed by atoms with E-state index in [0.717, 1.165) is 0 Å². The molecule has 1 aromatic rings. The van der Waals surface area contributed by atoms with E-state index in [1.165, 1.54) is 7.11 Å². The molecule has 1 atom stereocenters. The van der Waals surface area contributed by atoms with Gasteiger partial charge in [0.05, 0.1) is 13.7 Å². The lowest BCUT2D eigenvalue weighted by Gasteiger charge is -2.26. The number of hydrogen-bond acceptors (Lipinski definition) is 4. The van der Waals surface area contributed by atoms with E-state index in [-0.39, 0.29) is 6.61 Å². The summed E-state index contributed by atoms with van der Waals surface area (Å²) in [5.41, 5.74) is 5.52. The van der Waals surface area contributed by atoms with Crippen molar-refractivity contribution < 1.29 is 14.3 Å². The van der Waals surface area contributed by atoms with Gasteiger partial charge in [0.25, 0.3) is 0 Å². The highest BCUT2D eigenvalue weighted by atomic mass is 16.5. The van der Waals surface area contributed by atoms with Crippen molar-refractivity contribution in [3.05, 3.63) is 35.9 Å². The minimum atomic E-state index is -1.23. The van der Waals surface area contributed by atoms with Gasteiger partial charge in [0.15, 0.2) is 5.54 Å². The molecule has 4 nitrogen and oxygen atoms in total. The molecule has 0 amide bonds. The maximum absolute atomic E-state index is 11.7. The van der Waals surface area contributed by atoms with E-state index in [0.29, 0.717) is 12.2 Å². The second kappa shape index (κ2) is 5.63. The van der Waals surface area contributed by atoms with Crippen LogP contribution in [-0.2, 0) is 19.8 Å². The predicted molar refractivity (Wildman–Crippen MR) is 60.8 cm³/mol. The fourth-order valence-corrected chi connectivity index (χ4v) is 1.44. The summed E-state index contributed by atoms with van der Waals surface area (Å²) in [6, 6.07) is 9.09. The second-order valence-electron chi connectivity index (χ2n) is 3.47. The summed E-state index contributed by atoms with van der Waals surface area (Å²) in [7, 11) is 1.32. The minimum absolute atomic E-state index is 0.111. The largest absolute Gasteiger partial charge is 0.467 e. The predicted octanol–water partition coefficient (Wildman–Crippen LogP) is 1.05. The van der Waals surface area contributed by atoms with Gasteiger partial charge in [-0.25, -0.2) is 4.79 Å². The summed E-state index contributed by atoms with van der Waals surface area (Å²) in [5.74, 6) is -0.493. The van der Waals surface area contributed by atoms with E-state index in [4.69, 9.17) is 15.2 Å². The van der Waals surface area contributed by atoms with Crippen molar-refractivity contribution in [1.29, 1.82) is 0 Å². The Morgan fingerprint density at radius 3 is 2.50 bits per heavy atom. The Kier molecular flexibility index (Phi) is 4.46. The molecule has 88 valence electrons. The van der Waals surface area contributed by atoms with Crippen LogP contribution in [0.1, 0.15) is 12.5 Å². The third-order valence-electron chi connectivity index (χ3n) is 2.37. The molecule has 0 heterocycles. The molecule has 0 radical (unpaired) electrons. The molecule has 0 fully saturated rings. The second-order valence-corrected chi connectivity index (χ2v) is 3.47. The van der Waals surface area contributed by atoms with Gasteiger partial charge in [-0.05, 0) is 12.5 Å². The van der Waals surface area contributed by atoms with E-state index in [2.05, 4.69) is 0 Å². The number of nitrogens with two attached hydrogens (primary N) is 1. The quantitative estimate of drug-likeness (QED) is 0.758. The van der Waals surface area contributed by atoms with Crippen molar-refractivity contribution in [3.8, 4) is 0 Å². The molecular formula is C12H17NO3. The molecule has 1 rings (SSSR count). The zero-order chi connectivity index (χ0) is 12.0. The highest BCUT2D eigenvalue weighted by Crippen LogP contribution is 2.20. The molecule has 4 heteroatoms. The first-order valence-corrected chi connectivity index (χ1v) is 5.15. The molecule has 0 aliphatic heterocycles. The molecule has 0 aliphatic carbocycles. The Labute approximate surface area is 95.3 Å². The monoisotopic (exact) mass is 223 g/mol. The van der Waals surface area contributed by atoms with Crippen LogP contribution >= 0.6 is 0 Å². The smallest absolute Gasteiger partial charge is 0.332 e. The zero-order valence-electron chi connectivity index (χ0n) is 9.60. The SMILES string of the molecule is CCOCC(N)(C(=O)OC)c1ccccc1. The van der Waals surface area contributed by atoms with Crippen molar-refractivity contribution in [3.63, 3.8) is 0 Å². The molecule has 0 saturated heterocycles. The fraction of sp³-hybridized carbons (Fsp3) is 0.417. The van der Waals surface area contributed by atoms with Gasteiger partial charge in [-0.1, -0.05) is 30.3 Å². The van der Waals surface area contributed by atoms with Crippen LogP contribution in [0, 0.1) is 0 Å². The first kappa shape index (κ1) is 12.7. The Morgan fingerprint density at radius 1 is 1.38 bits per heavy atom. The lowest BCUT2D eigenvalue weighted by atomic mass is 9.92. The molecule has 0 spiro atoms. The minimum Gasteiger partial charge on any atom is -0.467 e. The third kappa shape index (κ3) is 2.59. The van der Waals surface area contributed by atoms with Crippen LogP contribution in [0.2, 0.25) is 0 Å². The summed E-state index contributed by atoms with van der Waals surface area (Å²) < 4.78 is 9.97. The number of carbonyl (C=O) groups excluding carboxylic acids is 1. The van der Waals surface area contributed by atoms with Crippen LogP contribution in [0.5, 0.6) is 0 Å². The average molecular weight is 223 g/mol. The number of ether oxygens (including phenoxy) is 2. The Bertz CT molecular complexity index is 339. The normalized spacial score (nSPS) is 14.2. The van der Waals surface area contributed by atoms with Gasteiger partial charge in [0, 0.05) is 6.61 Å². The highest BCUT2D eigenvalue weighted by Gasteiger charge is 2.37. The molecule has 0 aliphatic rings. The van der Waals surface area contributed by atoms with Crippen molar-refractivity contribution in [2.75, 3.05) is 20.3 Å². The van der Waals surface area contributed by atoms with Gasteiger partial charge in [-0.3, -0.25) is 0 Å². The maximum atomic E-state index is 11.7. The fourth-order valence-electron chi connectivity index (χ4n) is 1.44. The number of benzene rings is 1. The standard InChI is InChI=1S/C12H17NO3/c1-3-16-9-12(13,11(14)15-2)10-7-5-4-6-8-10/h4-8H,3,9,13H2,1-2H3. The van der Waals surface area contributed by atoms with E-state index >= 15 is 0 Å². The van der Waals surface area contributed by atoms with Crippen molar-refractivity contribution in [2.45, 2.75) is 12.5 Å². The van der Waals surface area contributed by atoms with Crippen LogP contribution in [0.4, 0.5) is 0 Å². The Balaban J connectivity index is 2.99.